The summed E-state index contributed by atoms with van der Waals surface area (Å²) in [6.07, 6.45) is 0. The summed E-state index contributed by atoms with van der Waals surface area (Å²) < 4.78 is 27.6. The molecule has 10 heteroatoms. The zero-order valence-electron chi connectivity index (χ0n) is 16.5. The summed E-state index contributed by atoms with van der Waals surface area (Å²) in [5, 5.41) is 13.3. The molecule has 31 heavy (non-hydrogen) atoms. The van der Waals surface area contributed by atoms with Crippen molar-refractivity contribution in [3.05, 3.63) is 76.3 Å². The van der Waals surface area contributed by atoms with Crippen LogP contribution in [0.2, 0.25) is 0 Å². The molecule has 2 N–H and O–H groups in total. The van der Waals surface area contributed by atoms with Crippen molar-refractivity contribution in [2.24, 2.45) is 5.73 Å². The molecule has 4 rings (SSSR count). The van der Waals surface area contributed by atoms with Gasteiger partial charge in [-0.2, -0.15) is 4.31 Å². The third-order valence-corrected chi connectivity index (χ3v) is 7.29. The molecule has 9 nitrogen and oxygen atoms in total. The van der Waals surface area contributed by atoms with Gasteiger partial charge in [0.2, 0.25) is 15.9 Å². The van der Waals surface area contributed by atoms with Gasteiger partial charge in [0.15, 0.2) is 0 Å². The van der Waals surface area contributed by atoms with Crippen molar-refractivity contribution in [1.82, 2.24) is 4.31 Å². The van der Waals surface area contributed by atoms with Gasteiger partial charge in [-0.15, -0.1) is 0 Å². The second-order valence-corrected chi connectivity index (χ2v) is 9.16. The third kappa shape index (κ3) is 3.94. The predicted molar refractivity (Wildman–Crippen MR) is 117 cm³/mol. The Balaban J connectivity index is 1.55. The topological polar surface area (TPSA) is 127 Å². The molecule has 1 fully saturated rings. The van der Waals surface area contributed by atoms with E-state index in [1.807, 2.05) is 24.3 Å². The Morgan fingerprint density at radius 3 is 2.26 bits per heavy atom. The largest absolute Gasteiger partial charge is 0.366 e. The number of nitro benzene ring substituents is 1. The van der Waals surface area contributed by atoms with Gasteiger partial charge in [0, 0.05) is 37.8 Å². The molecule has 160 valence electrons. The molecule has 1 heterocycles. The lowest BCUT2D eigenvalue weighted by Gasteiger charge is -2.35. The van der Waals surface area contributed by atoms with Gasteiger partial charge in [-0.25, -0.2) is 8.42 Å². The lowest BCUT2D eigenvalue weighted by molar-refractivity contribution is -0.384. The van der Waals surface area contributed by atoms with Crippen LogP contribution in [0.1, 0.15) is 10.4 Å². The number of nitrogens with two attached hydrogens (primary N) is 1. The van der Waals surface area contributed by atoms with E-state index >= 15 is 0 Å². The Morgan fingerprint density at radius 1 is 0.935 bits per heavy atom. The standard InChI is InChI=1S/C21H20N4O5S/c22-21(26)17-6-8-19(20(14-17)25(27)28)23-9-11-24(12-10-23)31(29,30)18-7-5-15-3-1-2-4-16(15)13-18/h1-8,13-14H,9-12H2,(H2,22,26). The maximum Gasteiger partial charge on any atom is 0.293 e. The Morgan fingerprint density at radius 2 is 1.61 bits per heavy atom. The van der Waals surface area contributed by atoms with Gasteiger partial charge < -0.3 is 10.6 Å². The Bertz CT molecular complexity index is 1280. The Kier molecular flexibility index (Phi) is 5.34. The molecule has 0 radical (unpaired) electrons. The molecule has 0 bridgehead atoms. The summed E-state index contributed by atoms with van der Waals surface area (Å²) in [6.45, 7) is 0.931. The van der Waals surface area contributed by atoms with Crippen LogP contribution in [0.3, 0.4) is 0 Å². The highest BCUT2D eigenvalue weighted by molar-refractivity contribution is 7.89. The second-order valence-electron chi connectivity index (χ2n) is 7.22. The Hall–Kier alpha value is -3.50. The molecule has 0 unspecified atom stereocenters. The summed E-state index contributed by atoms with van der Waals surface area (Å²) in [5.41, 5.74) is 5.36. The number of nitrogens with zero attached hydrogens (tertiary/aromatic N) is 3. The average molecular weight is 440 g/mol. The van der Waals surface area contributed by atoms with E-state index < -0.39 is 20.9 Å². The molecule has 0 spiro atoms. The lowest BCUT2D eigenvalue weighted by Crippen LogP contribution is -2.48. The van der Waals surface area contributed by atoms with E-state index in [9.17, 15) is 23.3 Å². The third-order valence-electron chi connectivity index (χ3n) is 5.39. The Labute approximate surface area is 178 Å². The SMILES string of the molecule is NC(=O)c1ccc(N2CCN(S(=O)(=O)c3ccc4ccccc4c3)CC2)c([N+](=O)[O-])c1. The number of carbonyl (C=O) groups excluding carboxylic acids is 1. The van der Waals surface area contributed by atoms with Crippen molar-refractivity contribution in [3.63, 3.8) is 0 Å². The van der Waals surface area contributed by atoms with Crippen LogP contribution >= 0.6 is 0 Å². The maximum absolute atomic E-state index is 13.1. The van der Waals surface area contributed by atoms with Crippen LogP contribution in [-0.4, -0.2) is 49.7 Å². The fourth-order valence-electron chi connectivity index (χ4n) is 3.74. The van der Waals surface area contributed by atoms with E-state index in [1.54, 1.807) is 23.1 Å². The van der Waals surface area contributed by atoms with E-state index in [2.05, 4.69) is 0 Å². The van der Waals surface area contributed by atoms with E-state index in [-0.39, 0.29) is 42.3 Å². The fraction of sp³-hybridized carbons (Fsp3) is 0.190. The van der Waals surface area contributed by atoms with Crippen molar-refractivity contribution in [3.8, 4) is 0 Å². The van der Waals surface area contributed by atoms with Gasteiger partial charge >= 0.3 is 0 Å². The van der Waals surface area contributed by atoms with E-state index in [0.717, 1.165) is 16.8 Å². The summed E-state index contributed by atoms with van der Waals surface area (Å²) in [6, 6.07) is 16.6. The van der Waals surface area contributed by atoms with E-state index in [4.69, 9.17) is 5.73 Å². The first-order valence-electron chi connectivity index (χ1n) is 9.59. The number of benzene rings is 3. The molecule has 3 aromatic carbocycles. The first-order valence-corrected chi connectivity index (χ1v) is 11.0. The van der Waals surface area contributed by atoms with Crippen LogP contribution in [0, 0.1) is 10.1 Å². The van der Waals surface area contributed by atoms with Gasteiger partial charge in [0.1, 0.15) is 5.69 Å². The van der Waals surface area contributed by atoms with Gasteiger partial charge in [-0.05, 0) is 35.0 Å². The minimum atomic E-state index is -3.69. The molecular weight excluding hydrogens is 420 g/mol. The lowest BCUT2D eigenvalue weighted by atomic mass is 10.1. The summed E-state index contributed by atoms with van der Waals surface area (Å²) in [7, 11) is -3.69. The van der Waals surface area contributed by atoms with Crippen LogP contribution < -0.4 is 10.6 Å². The molecule has 1 aliphatic heterocycles. The van der Waals surface area contributed by atoms with Crippen molar-refractivity contribution >= 4 is 38.1 Å². The summed E-state index contributed by atoms with van der Waals surface area (Å²) in [4.78, 5) is 24.2. The number of hydrogen-bond donors (Lipinski definition) is 1. The highest BCUT2D eigenvalue weighted by Crippen LogP contribution is 2.31. The van der Waals surface area contributed by atoms with Crippen LogP contribution in [0.15, 0.2) is 65.6 Å². The fourth-order valence-corrected chi connectivity index (χ4v) is 5.19. The first kappa shape index (κ1) is 20.8. The van der Waals surface area contributed by atoms with Crippen molar-refractivity contribution < 1.29 is 18.1 Å². The zero-order valence-corrected chi connectivity index (χ0v) is 17.3. The molecule has 3 aromatic rings. The molecule has 0 atom stereocenters. The summed E-state index contributed by atoms with van der Waals surface area (Å²) >= 11 is 0. The molecular formula is C21H20N4O5S. The molecule has 0 aliphatic carbocycles. The van der Waals surface area contributed by atoms with Gasteiger partial charge in [-0.1, -0.05) is 30.3 Å². The number of hydrogen-bond acceptors (Lipinski definition) is 6. The van der Waals surface area contributed by atoms with Crippen molar-refractivity contribution in [2.45, 2.75) is 4.90 Å². The number of amides is 1. The molecule has 0 aromatic heterocycles. The van der Waals surface area contributed by atoms with Crippen LogP contribution in [0.25, 0.3) is 10.8 Å². The average Bonchev–Trinajstić information content (AvgIpc) is 2.78. The molecule has 0 saturated carbocycles. The number of fused-ring (bicyclic) bond motifs is 1. The molecule has 1 amide bonds. The molecule has 1 saturated heterocycles. The second kappa shape index (κ2) is 7.97. The molecule has 1 aliphatic rings. The maximum atomic E-state index is 13.1. The summed E-state index contributed by atoms with van der Waals surface area (Å²) in [5.74, 6) is -0.749. The predicted octanol–water partition coefficient (Wildman–Crippen LogP) is 2.36. The van der Waals surface area contributed by atoms with Crippen LogP contribution in [0.4, 0.5) is 11.4 Å². The smallest absolute Gasteiger partial charge is 0.293 e. The minimum absolute atomic E-state index is 0.0490. The van der Waals surface area contributed by atoms with E-state index in [0.29, 0.717) is 5.69 Å². The van der Waals surface area contributed by atoms with Gasteiger partial charge in [0.25, 0.3) is 5.69 Å². The van der Waals surface area contributed by atoms with Crippen molar-refractivity contribution in [1.29, 1.82) is 0 Å². The number of primary amides is 1. The van der Waals surface area contributed by atoms with Gasteiger partial charge in [0.05, 0.1) is 9.82 Å². The normalized spacial score (nSPS) is 15.2. The van der Waals surface area contributed by atoms with Gasteiger partial charge in [-0.3, -0.25) is 14.9 Å². The van der Waals surface area contributed by atoms with Crippen LogP contribution in [0.5, 0.6) is 0 Å². The van der Waals surface area contributed by atoms with E-state index in [1.165, 1.54) is 16.4 Å². The quantitative estimate of drug-likeness (QED) is 0.479. The zero-order chi connectivity index (χ0) is 22.2. The highest BCUT2D eigenvalue weighted by Gasteiger charge is 2.31. The van der Waals surface area contributed by atoms with Crippen LogP contribution in [-0.2, 0) is 10.0 Å². The number of nitro groups is 1. The monoisotopic (exact) mass is 440 g/mol. The number of sulfonamides is 1. The first-order chi connectivity index (χ1) is 14.8. The number of anilines is 1. The minimum Gasteiger partial charge on any atom is -0.366 e. The number of carbonyl (C=O) groups is 1. The van der Waals surface area contributed by atoms with Crippen molar-refractivity contribution in [2.75, 3.05) is 31.1 Å². The number of piperazine rings is 1. The highest BCUT2D eigenvalue weighted by atomic mass is 32.2. The number of rotatable bonds is 5.